The number of hydrogen-bond acceptors (Lipinski definition) is 9. The molecule has 1 saturated heterocycles. The molecule has 2 aromatic carbocycles. The highest BCUT2D eigenvalue weighted by Gasteiger charge is 2.65. The number of benzene rings is 2. The maximum Gasteiger partial charge on any atom is 0.573 e. The number of alkyl halides is 3. The Kier molecular flexibility index (Phi) is 7.69. The van der Waals surface area contributed by atoms with E-state index in [1.165, 1.54) is 23.9 Å². The van der Waals surface area contributed by atoms with Gasteiger partial charge in [0.25, 0.3) is 0 Å². The Hall–Kier alpha value is -3.82. The van der Waals surface area contributed by atoms with Crippen LogP contribution >= 0.6 is 21.6 Å². The van der Waals surface area contributed by atoms with Crippen molar-refractivity contribution in [3.8, 4) is 5.75 Å². The lowest BCUT2D eigenvalue weighted by atomic mass is 10.2. The minimum absolute atomic E-state index is 0.0148. The molecular formula is C24H20F8N6O4S3. The number of hydrogen-bond donors (Lipinski definition) is 1. The molecule has 0 aliphatic carbocycles. The molecule has 4 aromatic rings. The zero-order valence-corrected chi connectivity index (χ0v) is 24.7. The number of aromatic nitrogens is 3. The topological polar surface area (TPSA) is 118 Å². The second-order valence-electron chi connectivity index (χ2n) is 9.63. The van der Waals surface area contributed by atoms with Crippen molar-refractivity contribution in [2.24, 2.45) is 0 Å². The van der Waals surface area contributed by atoms with Crippen LogP contribution in [0.1, 0.15) is 5.56 Å². The van der Waals surface area contributed by atoms with E-state index in [0.717, 1.165) is 40.7 Å². The van der Waals surface area contributed by atoms with Gasteiger partial charge in [-0.05, 0) is 42.0 Å². The standard InChI is InChI=1S/C24H20F8N6O4S3/c25-24(26,27)42-16-3-5-17(6-4-16)44(40,41)38-10-9-37(23-36-21-20(43-23)12-33-14-35-21)13-19(38)22(39)34-11-15-1-7-18(8-2-15)45(28,29,30,31)32/h1-8,12,14,19H,9-11,13H2,(H,34,39)/t19-/m1/s1. The minimum Gasteiger partial charge on any atom is -0.406 e. The molecule has 0 unspecified atom stereocenters. The van der Waals surface area contributed by atoms with Crippen molar-refractivity contribution in [1.82, 2.24) is 24.6 Å². The van der Waals surface area contributed by atoms with Gasteiger partial charge in [-0.1, -0.05) is 42.9 Å². The zero-order chi connectivity index (χ0) is 32.9. The van der Waals surface area contributed by atoms with E-state index in [2.05, 4.69) is 25.0 Å². The van der Waals surface area contributed by atoms with E-state index in [0.29, 0.717) is 15.5 Å². The number of sulfonamides is 1. The van der Waals surface area contributed by atoms with Crippen molar-refractivity contribution in [3.63, 3.8) is 0 Å². The van der Waals surface area contributed by atoms with Gasteiger partial charge in [-0.3, -0.25) is 4.79 Å². The molecule has 1 fully saturated rings. The van der Waals surface area contributed by atoms with Crippen LogP contribution in [0.15, 0.2) is 70.8 Å². The van der Waals surface area contributed by atoms with Crippen LogP contribution in [0, 0.1) is 0 Å². The van der Waals surface area contributed by atoms with Gasteiger partial charge in [0.15, 0.2) is 10.8 Å². The average Bonchev–Trinajstić information content (AvgIpc) is 3.38. The first kappa shape index (κ1) is 32.6. The van der Waals surface area contributed by atoms with Gasteiger partial charge in [-0.25, -0.2) is 18.4 Å². The molecule has 45 heavy (non-hydrogen) atoms. The minimum atomic E-state index is -9.92. The van der Waals surface area contributed by atoms with E-state index in [9.17, 15) is 45.8 Å². The van der Waals surface area contributed by atoms with Gasteiger partial charge in [0, 0.05) is 32.4 Å². The maximum absolute atomic E-state index is 13.6. The van der Waals surface area contributed by atoms with Crippen LogP contribution in [0.2, 0.25) is 0 Å². The number of amides is 1. The van der Waals surface area contributed by atoms with Crippen molar-refractivity contribution < 1.29 is 50.5 Å². The fourth-order valence-electron chi connectivity index (χ4n) is 4.37. The van der Waals surface area contributed by atoms with Crippen molar-refractivity contribution in [2.75, 3.05) is 24.5 Å². The lowest BCUT2D eigenvalue weighted by Gasteiger charge is -2.40. The molecule has 1 N–H and O–H groups in total. The number of thiazole rings is 1. The maximum atomic E-state index is 13.6. The van der Waals surface area contributed by atoms with Crippen LogP contribution in [-0.2, 0) is 21.4 Å². The quantitative estimate of drug-likeness (QED) is 0.228. The number of fused-ring (bicyclic) bond motifs is 1. The number of ether oxygens (including phenoxy) is 1. The number of carbonyl (C=O) groups is 1. The monoisotopic (exact) mass is 704 g/mol. The van der Waals surface area contributed by atoms with Gasteiger partial charge in [0.2, 0.25) is 15.9 Å². The Morgan fingerprint density at radius 2 is 1.69 bits per heavy atom. The van der Waals surface area contributed by atoms with Gasteiger partial charge in [0.05, 0.1) is 9.60 Å². The number of halogens is 8. The average molecular weight is 705 g/mol. The summed E-state index contributed by atoms with van der Waals surface area (Å²) in [6.45, 7) is -0.927. The number of piperazine rings is 1. The molecule has 10 nitrogen and oxygen atoms in total. The van der Waals surface area contributed by atoms with Crippen LogP contribution < -0.4 is 15.0 Å². The van der Waals surface area contributed by atoms with Crippen molar-refractivity contribution in [2.45, 2.75) is 28.7 Å². The molecule has 244 valence electrons. The molecular weight excluding hydrogens is 684 g/mol. The predicted molar refractivity (Wildman–Crippen MR) is 148 cm³/mol. The summed E-state index contributed by atoms with van der Waals surface area (Å²) in [5, 5.41) is 2.81. The smallest absolute Gasteiger partial charge is 0.406 e. The summed E-state index contributed by atoms with van der Waals surface area (Å²) < 4.78 is 135. The lowest BCUT2D eigenvalue weighted by Crippen LogP contribution is -2.60. The SMILES string of the molecule is O=C(NCc1ccc(S(F)(F)(F)(F)F)cc1)[C@H]1CN(c2nc3ncncc3s2)CCN1S(=O)(=O)c1ccc(OC(F)(F)F)cc1. The molecule has 0 saturated carbocycles. The molecule has 3 heterocycles. The Morgan fingerprint density at radius 1 is 1.02 bits per heavy atom. The number of anilines is 1. The Labute approximate surface area is 253 Å². The highest BCUT2D eigenvalue weighted by molar-refractivity contribution is 8.45. The molecule has 1 aliphatic rings. The summed E-state index contributed by atoms with van der Waals surface area (Å²) in [5.41, 5.74) is 0.373. The molecule has 0 spiro atoms. The van der Waals surface area contributed by atoms with E-state index in [-0.39, 0.29) is 37.3 Å². The van der Waals surface area contributed by atoms with Crippen LogP contribution in [-0.4, -0.2) is 65.6 Å². The first-order chi connectivity index (χ1) is 20.7. The first-order valence-corrected chi connectivity index (χ1v) is 16.7. The molecule has 0 radical (unpaired) electrons. The Bertz CT molecular complexity index is 1810. The van der Waals surface area contributed by atoms with Crippen LogP contribution in [0.4, 0.5) is 37.7 Å². The fourth-order valence-corrected chi connectivity index (χ4v) is 7.52. The second kappa shape index (κ2) is 10.6. The third kappa shape index (κ3) is 7.53. The van der Waals surface area contributed by atoms with Crippen molar-refractivity contribution >= 4 is 53.0 Å². The molecule has 1 atom stereocenters. The fraction of sp³-hybridized carbons (Fsp3) is 0.250. The molecule has 21 heteroatoms. The van der Waals surface area contributed by atoms with Gasteiger partial charge >= 0.3 is 16.6 Å². The predicted octanol–water partition coefficient (Wildman–Crippen LogP) is 5.84. The second-order valence-corrected chi connectivity index (χ2v) is 14.9. The highest BCUT2D eigenvalue weighted by Crippen LogP contribution is 3.02. The van der Waals surface area contributed by atoms with Crippen LogP contribution in [0.5, 0.6) is 5.75 Å². The molecule has 5 rings (SSSR count). The highest BCUT2D eigenvalue weighted by atomic mass is 32.5. The van der Waals surface area contributed by atoms with Gasteiger partial charge in [-0.15, -0.1) is 13.2 Å². The van der Waals surface area contributed by atoms with Gasteiger partial charge < -0.3 is 15.0 Å². The van der Waals surface area contributed by atoms with E-state index < -0.39 is 60.6 Å². The zero-order valence-electron chi connectivity index (χ0n) is 22.3. The summed E-state index contributed by atoms with van der Waals surface area (Å²) in [5.74, 6) is -1.56. The largest absolute Gasteiger partial charge is 0.573 e. The van der Waals surface area contributed by atoms with Crippen LogP contribution in [0.3, 0.4) is 0 Å². The van der Waals surface area contributed by atoms with E-state index in [4.69, 9.17) is 0 Å². The molecule has 1 amide bonds. The summed E-state index contributed by atoms with van der Waals surface area (Å²) in [6, 6.07) is 3.76. The normalized spacial score (nSPS) is 18.3. The van der Waals surface area contributed by atoms with Crippen molar-refractivity contribution in [3.05, 3.63) is 66.6 Å². The lowest BCUT2D eigenvalue weighted by molar-refractivity contribution is -0.274. The van der Waals surface area contributed by atoms with E-state index in [1.807, 2.05) is 0 Å². The number of nitrogens with one attached hydrogen (secondary N) is 1. The van der Waals surface area contributed by atoms with Gasteiger partial charge in [-0.2, -0.15) is 9.29 Å². The first-order valence-electron chi connectivity index (χ1n) is 12.5. The van der Waals surface area contributed by atoms with Crippen LogP contribution in [0.25, 0.3) is 10.3 Å². The van der Waals surface area contributed by atoms with E-state index in [1.54, 1.807) is 4.90 Å². The molecule has 2 aromatic heterocycles. The number of carbonyl (C=O) groups excluding carboxylic acids is 1. The molecule has 0 bridgehead atoms. The Morgan fingerprint density at radius 3 is 2.29 bits per heavy atom. The number of nitrogens with zero attached hydrogens (tertiary/aromatic N) is 5. The third-order valence-electron chi connectivity index (χ3n) is 6.47. The summed E-state index contributed by atoms with van der Waals surface area (Å²) in [4.78, 5) is 24.8. The molecule has 1 aliphatic heterocycles. The summed E-state index contributed by atoms with van der Waals surface area (Å²) in [6.07, 6.45) is -2.22. The number of rotatable bonds is 8. The van der Waals surface area contributed by atoms with Crippen molar-refractivity contribution in [1.29, 1.82) is 0 Å². The summed E-state index contributed by atoms with van der Waals surface area (Å²) >= 11 is 1.18. The van der Waals surface area contributed by atoms with Gasteiger partial charge in [0.1, 0.15) is 23.0 Å². The Balaban J connectivity index is 1.40. The van der Waals surface area contributed by atoms with E-state index >= 15 is 0 Å². The summed E-state index contributed by atoms with van der Waals surface area (Å²) in [7, 11) is -14.4. The third-order valence-corrected chi connectivity index (χ3v) is 10.6.